The first-order valence-electron chi connectivity index (χ1n) is 5.53. The first-order chi connectivity index (χ1) is 7.97. The van der Waals surface area contributed by atoms with Gasteiger partial charge in [0.15, 0.2) is 0 Å². The summed E-state index contributed by atoms with van der Waals surface area (Å²) < 4.78 is 37.7. The van der Waals surface area contributed by atoms with Crippen molar-refractivity contribution in [3.63, 3.8) is 0 Å². The second kappa shape index (κ2) is 4.86. The van der Waals surface area contributed by atoms with Crippen LogP contribution in [0.25, 0.3) is 0 Å². The molecule has 0 spiro atoms. The molecule has 94 valence electrons. The molecule has 0 radical (unpaired) electrons. The summed E-state index contributed by atoms with van der Waals surface area (Å²) in [5.41, 5.74) is -0.0296. The highest BCUT2D eigenvalue weighted by atomic mass is 35.5. The fourth-order valence-electron chi connectivity index (χ4n) is 2.11. The number of hydrogen-bond donors (Lipinski definition) is 1. The average molecular weight is 264 g/mol. The number of halogens is 4. The molecule has 0 amide bonds. The van der Waals surface area contributed by atoms with Crippen molar-refractivity contribution in [1.29, 1.82) is 0 Å². The standard InChI is InChI=1S/C12H13ClF3N/c13-11-2-1-10(12(14,15)16)6-9(11)5-8-3-4-17-7-8/h1-2,6,8,17H,3-5,7H2. The van der Waals surface area contributed by atoms with Gasteiger partial charge in [-0.25, -0.2) is 0 Å². The Bertz CT molecular complexity index is 397. The summed E-state index contributed by atoms with van der Waals surface area (Å²) in [6, 6.07) is 3.53. The molecule has 0 saturated carbocycles. The minimum absolute atomic E-state index is 0.385. The minimum Gasteiger partial charge on any atom is -0.316 e. The summed E-state index contributed by atoms with van der Waals surface area (Å²) in [7, 11) is 0. The molecule has 5 heteroatoms. The van der Waals surface area contributed by atoms with Crippen LogP contribution in [0.1, 0.15) is 17.5 Å². The van der Waals surface area contributed by atoms with Gasteiger partial charge in [-0.15, -0.1) is 0 Å². The average Bonchev–Trinajstić information content (AvgIpc) is 2.72. The van der Waals surface area contributed by atoms with Crippen molar-refractivity contribution in [1.82, 2.24) is 5.32 Å². The molecule has 2 rings (SSSR count). The minimum atomic E-state index is -4.30. The molecule has 1 aromatic rings. The summed E-state index contributed by atoms with van der Waals surface area (Å²) >= 11 is 5.94. The smallest absolute Gasteiger partial charge is 0.316 e. The maximum absolute atomic E-state index is 12.6. The molecule has 1 nitrogen and oxygen atoms in total. The fraction of sp³-hybridized carbons (Fsp3) is 0.500. The molecule has 0 aromatic heterocycles. The quantitative estimate of drug-likeness (QED) is 0.861. The van der Waals surface area contributed by atoms with Crippen molar-refractivity contribution in [2.24, 2.45) is 5.92 Å². The van der Waals surface area contributed by atoms with E-state index < -0.39 is 11.7 Å². The molecule has 0 bridgehead atoms. The summed E-state index contributed by atoms with van der Waals surface area (Å²) in [4.78, 5) is 0. The van der Waals surface area contributed by atoms with Crippen molar-refractivity contribution in [3.8, 4) is 0 Å². The third kappa shape index (κ3) is 3.13. The van der Waals surface area contributed by atoms with Crippen LogP contribution in [-0.4, -0.2) is 13.1 Å². The molecule has 1 fully saturated rings. The third-order valence-corrected chi connectivity index (χ3v) is 3.41. The molecule has 1 N–H and O–H groups in total. The van der Waals surface area contributed by atoms with Gasteiger partial charge in [0.2, 0.25) is 0 Å². The van der Waals surface area contributed by atoms with Crippen molar-refractivity contribution in [2.45, 2.75) is 19.0 Å². The Hall–Kier alpha value is -0.740. The maximum atomic E-state index is 12.6. The lowest BCUT2D eigenvalue weighted by Crippen LogP contribution is -2.12. The highest BCUT2D eigenvalue weighted by Crippen LogP contribution is 2.32. The lowest BCUT2D eigenvalue weighted by Gasteiger charge is -2.13. The zero-order chi connectivity index (χ0) is 12.5. The van der Waals surface area contributed by atoms with E-state index in [-0.39, 0.29) is 0 Å². The summed E-state index contributed by atoms with van der Waals surface area (Å²) in [6.45, 7) is 1.79. The Morgan fingerprint density at radius 3 is 2.71 bits per heavy atom. The molecule has 1 aliphatic heterocycles. The van der Waals surface area contributed by atoms with E-state index in [2.05, 4.69) is 5.32 Å². The van der Waals surface area contributed by atoms with Crippen molar-refractivity contribution in [3.05, 3.63) is 34.3 Å². The normalized spacial score (nSPS) is 20.8. The highest BCUT2D eigenvalue weighted by Gasteiger charge is 2.31. The van der Waals surface area contributed by atoms with E-state index in [1.165, 1.54) is 12.1 Å². The lowest BCUT2D eigenvalue weighted by atomic mass is 9.97. The van der Waals surface area contributed by atoms with E-state index in [0.29, 0.717) is 22.9 Å². The van der Waals surface area contributed by atoms with E-state index in [0.717, 1.165) is 25.6 Å². The lowest BCUT2D eigenvalue weighted by molar-refractivity contribution is -0.137. The topological polar surface area (TPSA) is 12.0 Å². The fourth-order valence-corrected chi connectivity index (χ4v) is 2.30. The van der Waals surface area contributed by atoms with Crippen LogP contribution in [0.2, 0.25) is 5.02 Å². The van der Waals surface area contributed by atoms with Crippen LogP contribution < -0.4 is 5.32 Å². The molecular weight excluding hydrogens is 251 g/mol. The molecule has 0 aliphatic carbocycles. The zero-order valence-corrected chi connectivity index (χ0v) is 9.91. The second-order valence-electron chi connectivity index (χ2n) is 4.37. The van der Waals surface area contributed by atoms with E-state index in [1.807, 2.05) is 0 Å². The highest BCUT2D eigenvalue weighted by molar-refractivity contribution is 6.31. The van der Waals surface area contributed by atoms with Gasteiger partial charge in [0.1, 0.15) is 0 Å². The van der Waals surface area contributed by atoms with Gasteiger partial charge in [0.25, 0.3) is 0 Å². The maximum Gasteiger partial charge on any atom is 0.416 e. The van der Waals surface area contributed by atoms with Gasteiger partial charge in [-0.1, -0.05) is 11.6 Å². The van der Waals surface area contributed by atoms with Crippen LogP contribution in [0.15, 0.2) is 18.2 Å². The van der Waals surface area contributed by atoms with E-state index in [4.69, 9.17) is 11.6 Å². The molecule has 1 heterocycles. The predicted molar refractivity (Wildman–Crippen MR) is 61.1 cm³/mol. The number of benzene rings is 1. The van der Waals surface area contributed by atoms with Crippen molar-refractivity contribution >= 4 is 11.6 Å². The molecule has 1 aliphatic rings. The number of rotatable bonds is 2. The van der Waals surface area contributed by atoms with Crippen LogP contribution >= 0.6 is 11.6 Å². The molecular formula is C12H13ClF3N. The molecule has 1 unspecified atom stereocenters. The van der Waals surface area contributed by atoms with Crippen LogP contribution in [0.5, 0.6) is 0 Å². The Balaban J connectivity index is 2.20. The van der Waals surface area contributed by atoms with Gasteiger partial charge in [-0.2, -0.15) is 13.2 Å². The molecule has 1 atom stereocenters. The molecule has 1 aromatic carbocycles. The van der Waals surface area contributed by atoms with E-state index in [1.54, 1.807) is 0 Å². The third-order valence-electron chi connectivity index (χ3n) is 3.04. The van der Waals surface area contributed by atoms with Gasteiger partial charge in [-0.3, -0.25) is 0 Å². The zero-order valence-electron chi connectivity index (χ0n) is 9.15. The Morgan fingerprint density at radius 2 is 2.12 bits per heavy atom. The summed E-state index contributed by atoms with van der Waals surface area (Å²) in [6.07, 6.45) is -2.70. The Morgan fingerprint density at radius 1 is 1.35 bits per heavy atom. The monoisotopic (exact) mass is 263 g/mol. The van der Waals surface area contributed by atoms with Crippen molar-refractivity contribution < 1.29 is 13.2 Å². The van der Waals surface area contributed by atoms with E-state index in [9.17, 15) is 13.2 Å². The summed E-state index contributed by atoms with van der Waals surface area (Å²) in [5.74, 6) is 0.385. The van der Waals surface area contributed by atoms with Crippen LogP contribution in [0, 0.1) is 5.92 Å². The second-order valence-corrected chi connectivity index (χ2v) is 4.77. The van der Waals surface area contributed by atoms with E-state index >= 15 is 0 Å². The Kier molecular flexibility index (Phi) is 3.64. The number of hydrogen-bond acceptors (Lipinski definition) is 1. The van der Waals surface area contributed by atoms with Crippen LogP contribution in [0.4, 0.5) is 13.2 Å². The first kappa shape index (κ1) is 12.7. The van der Waals surface area contributed by atoms with Gasteiger partial charge in [0.05, 0.1) is 5.56 Å². The largest absolute Gasteiger partial charge is 0.416 e. The van der Waals surface area contributed by atoms with Crippen LogP contribution in [-0.2, 0) is 12.6 Å². The van der Waals surface area contributed by atoms with Crippen LogP contribution in [0.3, 0.4) is 0 Å². The van der Waals surface area contributed by atoms with Gasteiger partial charge < -0.3 is 5.32 Å². The number of nitrogens with one attached hydrogen (secondary N) is 1. The van der Waals surface area contributed by atoms with Gasteiger partial charge >= 0.3 is 6.18 Å². The first-order valence-corrected chi connectivity index (χ1v) is 5.91. The van der Waals surface area contributed by atoms with Gasteiger partial charge in [-0.05, 0) is 55.6 Å². The predicted octanol–water partition coefficient (Wildman–Crippen LogP) is 3.51. The Labute approximate surface area is 103 Å². The SMILES string of the molecule is FC(F)(F)c1ccc(Cl)c(CC2CCNC2)c1. The number of alkyl halides is 3. The van der Waals surface area contributed by atoms with Gasteiger partial charge in [0, 0.05) is 5.02 Å². The summed E-state index contributed by atoms with van der Waals surface area (Å²) in [5, 5.41) is 3.61. The van der Waals surface area contributed by atoms with Crippen molar-refractivity contribution in [2.75, 3.05) is 13.1 Å². The molecule has 17 heavy (non-hydrogen) atoms. The molecule has 1 saturated heterocycles.